The maximum Gasteiger partial charge on any atom is 0.0992 e. The Morgan fingerprint density at radius 3 is 2.89 bits per heavy atom. The summed E-state index contributed by atoms with van der Waals surface area (Å²) in [7, 11) is 0. The Kier molecular flexibility index (Phi) is 3.91. The number of rotatable bonds is 2. The summed E-state index contributed by atoms with van der Waals surface area (Å²) < 4.78 is 5.68. The predicted molar refractivity (Wildman–Crippen MR) is 71.5 cm³/mol. The van der Waals surface area contributed by atoms with E-state index in [1.165, 1.54) is 0 Å². The highest BCUT2D eigenvalue weighted by Crippen LogP contribution is 2.23. The van der Waals surface area contributed by atoms with E-state index in [9.17, 15) is 0 Å². The third kappa shape index (κ3) is 3.23. The van der Waals surface area contributed by atoms with E-state index in [1.54, 1.807) is 6.07 Å². The molecule has 1 saturated heterocycles. The summed E-state index contributed by atoms with van der Waals surface area (Å²) in [6.07, 6.45) is 0. The van der Waals surface area contributed by atoms with E-state index in [4.69, 9.17) is 21.6 Å². The molecular weight excluding hydrogens is 248 g/mol. The number of morpholine rings is 1. The minimum Gasteiger partial charge on any atom is -0.373 e. The second kappa shape index (κ2) is 5.27. The van der Waals surface area contributed by atoms with Crippen molar-refractivity contribution in [2.75, 3.05) is 19.7 Å². The SMILES string of the molecule is CC1(C)CN(Cc2ccc(C#N)cc2Cl)CCO1. The normalized spacial score (nSPS) is 19.4. The number of hydrogen-bond donors (Lipinski definition) is 0. The molecule has 0 aromatic heterocycles. The van der Waals surface area contributed by atoms with Gasteiger partial charge in [0.25, 0.3) is 0 Å². The lowest BCUT2D eigenvalue weighted by atomic mass is 10.1. The third-order valence-corrected chi connectivity index (χ3v) is 3.43. The highest BCUT2D eigenvalue weighted by atomic mass is 35.5. The first-order valence-corrected chi connectivity index (χ1v) is 6.43. The molecule has 0 saturated carbocycles. The third-order valence-electron chi connectivity index (χ3n) is 3.08. The zero-order valence-electron chi connectivity index (χ0n) is 10.7. The van der Waals surface area contributed by atoms with Crippen molar-refractivity contribution in [3.63, 3.8) is 0 Å². The van der Waals surface area contributed by atoms with E-state index in [1.807, 2.05) is 12.1 Å². The molecule has 0 bridgehead atoms. The van der Waals surface area contributed by atoms with Crippen LogP contribution in [0.15, 0.2) is 18.2 Å². The van der Waals surface area contributed by atoms with Crippen molar-refractivity contribution >= 4 is 11.6 Å². The molecule has 0 unspecified atom stereocenters. The zero-order chi connectivity index (χ0) is 13.2. The van der Waals surface area contributed by atoms with Gasteiger partial charge >= 0.3 is 0 Å². The highest BCUT2D eigenvalue weighted by Gasteiger charge is 2.27. The average Bonchev–Trinajstić information content (AvgIpc) is 2.30. The van der Waals surface area contributed by atoms with E-state index < -0.39 is 0 Å². The first-order chi connectivity index (χ1) is 8.50. The van der Waals surface area contributed by atoms with Crippen LogP contribution in [0.25, 0.3) is 0 Å². The second-order valence-corrected chi connectivity index (χ2v) is 5.64. The zero-order valence-corrected chi connectivity index (χ0v) is 11.5. The Hall–Kier alpha value is -1.08. The summed E-state index contributed by atoms with van der Waals surface area (Å²) in [6, 6.07) is 7.56. The Labute approximate surface area is 113 Å². The van der Waals surface area contributed by atoms with Gasteiger partial charge in [0.15, 0.2) is 0 Å². The monoisotopic (exact) mass is 264 g/mol. The minimum absolute atomic E-state index is 0.0999. The lowest BCUT2D eigenvalue weighted by Crippen LogP contribution is -2.47. The maximum atomic E-state index is 8.81. The van der Waals surface area contributed by atoms with Crippen molar-refractivity contribution in [2.24, 2.45) is 0 Å². The molecule has 1 aromatic rings. The van der Waals surface area contributed by atoms with Gasteiger partial charge in [-0.05, 0) is 31.5 Å². The standard InChI is InChI=1S/C14H17ClN2O/c1-14(2)10-17(5-6-18-14)9-12-4-3-11(8-16)7-13(12)15/h3-4,7H,5-6,9-10H2,1-2H3. The Morgan fingerprint density at radius 1 is 1.50 bits per heavy atom. The fourth-order valence-corrected chi connectivity index (χ4v) is 2.48. The van der Waals surface area contributed by atoms with Gasteiger partial charge in [0.2, 0.25) is 0 Å². The molecule has 0 spiro atoms. The quantitative estimate of drug-likeness (QED) is 0.824. The number of halogens is 1. The van der Waals surface area contributed by atoms with Gasteiger partial charge in [-0.25, -0.2) is 0 Å². The summed E-state index contributed by atoms with van der Waals surface area (Å²) in [6.45, 7) is 7.56. The van der Waals surface area contributed by atoms with Crippen molar-refractivity contribution < 1.29 is 4.74 Å². The number of nitriles is 1. The highest BCUT2D eigenvalue weighted by molar-refractivity contribution is 6.31. The van der Waals surface area contributed by atoms with Crippen molar-refractivity contribution in [3.05, 3.63) is 34.3 Å². The van der Waals surface area contributed by atoms with Crippen LogP contribution in [0.1, 0.15) is 25.0 Å². The molecule has 3 nitrogen and oxygen atoms in total. The van der Waals surface area contributed by atoms with Crippen molar-refractivity contribution in [1.82, 2.24) is 4.90 Å². The van der Waals surface area contributed by atoms with Crippen LogP contribution in [0.5, 0.6) is 0 Å². The van der Waals surface area contributed by atoms with Crippen molar-refractivity contribution in [1.29, 1.82) is 5.26 Å². The molecule has 1 heterocycles. The lowest BCUT2D eigenvalue weighted by Gasteiger charge is -2.38. The van der Waals surface area contributed by atoms with E-state index in [0.717, 1.165) is 31.8 Å². The molecule has 0 N–H and O–H groups in total. The van der Waals surface area contributed by atoms with E-state index in [0.29, 0.717) is 10.6 Å². The van der Waals surface area contributed by atoms with Crippen LogP contribution in [0.3, 0.4) is 0 Å². The lowest BCUT2D eigenvalue weighted by molar-refractivity contribution is -0.0882. The first kappa shape index (κ1) is 13.4. The maximum absolute atomic E-state index is 8.81. The molecule has 1 aliphatic rings. The smallest absolute Gasteiger partial charge is 0.0992 e. The van der Waals surface area contributed by atoms with Gasteiger partial charge in [0.05, 0.1) is 23.8 Å². The predicted octanol–water partition coefficient (Wildman–Crippen LogP) is 2.82. The molecule has 4 heteroatoms. The van der Waals surface area contributed by atoms with Crippen molar-refractivity contribution in [2.45, 2.75) is 26.0 Å². The summed E-state index contributed by atoms with van der Waals surface area (Å²) in [5.74, 6) is 0. The number of hydrogen-bond acceptors (Lipinski definition) is 3. The van der Waals surface area contributed by atoms with Crippen LogP contribution in [0, 0.1) is 11.3 Å². The van der Waals surface area contributed by atoms with Gasteiger partial charge in [0.1, 0.15) is 0 Å². The molecule has 0 amide bonds. The Morgan fingerprint density at radius 2 is 2.28 bits per heavy atom. The van der Waals surface area contributed by atoms with E-state index in [-0.39, 0.29) is 5.60 Å². The molecule has 1 fully saturated rings. The average molecular weight is 265 g/mol. The summed E-state index contributed by atoms with van der Waals surface area (Å²) in [5.41, 5.74) is 1.57. The summed E-state index contributed by atoms with van der Waals surface area (Å²) in [4.78, 5) is 2.33. The largest absolute Gasteiger partial charge is 0.373 e. The van der Waals surface area contributed by atoms with Crippen LogP contribution < -0.4 is 0 Å². The van der Waals surface area contributed by atoms with Crippen LogP contribution in [0.2, 0.25) is 5.02 Å². The summed E-state index contributed by atoms with van der Waals surface area (Å²) in [5, 5.41) is 9.47. The van der Waals surface area contributed by atoms with Crippen LogP contribution in [0.4, 0.5) is 0 Å². The molecule has 1 aliphatic heterocycles. The van der Waals surface area contributed by atoms with Gasteiger partial charge in [-0.1, -0.05) is 17.7 Å². The van der Waals surface area contributed by atoms with E-state index in [2.05, 4.69) is 24.8 Å². The van der Waals surface area contributed by atoms with Crippen molar-refractivity contribution in [3.8, 4) is 6.07 Å². The molecule has 96 valence electrons. The van der Waals surface area contributed by atoms with Gasteiger partial charge in [-0.3, -0.25) is 4.90 Å². The van der Waals surface area contributed by atoms with Gasteiger partial charge in [-0.15, -0.1) is 0 Å². The second-order valence-electron chi connectivity index (χ2n) is 5.24. The summed E-state index contributed by atoms with van der Waals surface area (Å²) >= 11 is 6.19. The van der Waals surface area contributed by atoms with E-state index >= 15 is 0 Å². The molecule has 0 radical (unpaired) electrons. The first-order valence-electron chi connectivity index (χ1n) is 6.05. The topological polar surface area (TPSA) is 36.3 Å². The molecule has 0 aliphatic carbocycles. The van der Waals surface area contributed by atoms with Gasteiger partial charge < -0.3 is 4.74 Å². The Bertz CT molecular complexity index is 479. The number of ether oxygens (including phenoxy) is 1. The molecule has 18 heavy (non-hydrogen) atoms. The molecule has 2 rings (SSSR count). The van der Waals surface area contributed by atoms with Gasteiger partial charge in [-0.2, -0.15) is 5.26 Å². The molecular formula is C14H17ClN2O. The molecule has 0 atom stereocenters. The fraction of sp³-hybridized carbons (Fsp3) is 0.500. The van der Waals surface area contributed by atoms with Gasteiger partial charge in [0, 0.05) is 24.7 Å². The Balaban J connectivity index is 2.08. The number of nitrogens with zero attached hydrogens (tertiary/aromatic N) is 2. The molecule has 1 aromatic carbocycles. The van der Waals surface area contributed by atoms with Crippen LogP contribution in [-0.4, -0.2) is 30.2 Å². The minimum atomic E-state index is -0.0999. The fourth-order valence-electron chi connectivity index (χ4n) is 2.24. The van der Waals surface area contributed by atoms with Crippen LogP contribution in [-0.2, 0) is 11.3 Å². The number of benzene rings is 1. The van der Waals surface area contributed by atoms with Crippen LogP contribution >= 0.6 is 11.6 Å².